The predicted molar refractivity (Wildman–Crippen MR) is 73.1 cm³/mol. The SMILES string of the molecule is CNC(=O)CN1CCN(C(=O)CC(C)CC(=O)O)CC1. The summed E-state index contributed by atoms with van der Waals surface area (Å²) in [5.41, 5.74) is 0. The molecule has 1 heterocycles. The predicted octanol–water partition coefficient (Wildman–Crippen LogP) is -0.622. The fourth-order valence-corrected chi connectivity index (χ4v) is 2.23. The minimum atomic E-state index is -0.874. The lowest BCUT2D eigenvalue weighted by atomic mass is 10.0. The van der Waals surface area contributed by atoms with Crippen LogP contribution in [0.3, 0.4) is 0 Å². The van der Waals surface area contributed by atoms with Crippen molar-refractivity contribution in [3.8, 4) is 0 Å². The first-order chi connectivity index (χ1) is 9.42. The van der Waals surface area contributed by atoms with E-state index in [0.29, 0.717) is 32.7 Å². The molecular formula is C13H23N3O4. The average molecular weight is 285 g/mol. The molecule has 1 atom stereocenters. The van der Waals surface area contributed by atoms with Crippen LogP contribution in [0.4, 0.5) is 0 Å². The largest absolute Gasteiger partial charge is 0.481 e. The van der Waals surface area contributed by atoms with Crippen LogP contribution in [0, 0.1) is 5.92 Å². The van der Waals surface area contributed by atoms with Crippen LogP contribution in [0.15, 0.2) is 0 Å². The Labute approximate surface area is 118 Å². The van der Waals surface area contributed by atoms with E-state index < -0.39 is 5.97 Å². The lowest BCUT2D eigenvalue weighted by Crippen LogP contribution is -2.51. The molecule has 0 spiro atoms. The van der Waals surface area contributed by atoms with Gasteiger partial charge in [0.15, 0.2) is 0 Å². The average Bonchev–Trinajstić information content (AvgIpc) is 2.38. The minimum absolute atomic E-state index is 0.00153. The van der Waals surface area contributed by atoms with Gasteiger partial charge < -0.3 is 15.3 Å². The zero-order chi connectivity index (χ0) is 15.1. The molecule has 20 heavy (non-hydrogen) atoms. The molecule has 1 aliphatic rings. The molecule has 1 unspecified atom stereocenters. The van der Waals surface area contributed by atoms with Gasteiger partial charge in [0.25, 0.3) is 0 Å². The first kappa shape index (κ1) is 16.4. The molecule has 1 fully saturated rings. The van der Waals surface area contributed by atoms with Crippen LogP contribution in [0.2, 0.25) is 0 Å². The van der Waals surface area contributed by atoms with E-state index >= 15 is 0 Å². The van der Waals surface area contributed by atoms with Crippen molar-refractivity contribution in [1.82, 2.24) is 15.1 Å². The summed E-state index contributed by atoms with van der Waals surface area (Å²) in [5.74, 6) is -1.05. The molecule has 114 valence electrons. The first-order valence-corrected chi connectivity index (χ1v) is 6.85. The third-order valence-electron chi connectivity index (χ3n) is 3.42. The van der Waals surface area contributed by atoms with Crippen molar-refractivity contribution in [2.75, 3.05) is 39.8 Å². The highest BCUT2D eigenvalue weighted by Crippen LogP contribution is 2.11. The van der Waals surface area contributed by atoms with Gasteiger partial charge in [-0.2, -0.15) is 0 Å². The van der Waals surface area contributed by atoms with Crippen LogP contribution in [-0.2, 0) is 14.4 Å². The highest BCUT2D eigenvalue weighted by Gasteiger charge is 2.23. The Morgan fingerprint density at radius 2 is 1.75 bits per heavy atom. The van der Waals surface area contributed by atoms with Gasteiger partial charge in [-0.25, -0.2) is 0 Å². The molecule has 0 radical (unpaired) electrons. The van der Waals surface area contributed by atoms with Crippen LogP contribution in [-0.4, -0.2) is 72.5 Å². The molecule has 0 aliphatic carbocycles. The number of hydrogen-bond donors (Lipinski definition) is 2. The number of rotatable bonds is 6. The number of nitrogens with one attached hydrogen (secondary N) is 1. The third-order valence-corrected chi connectivity index (χ3v) is 3.42. The summed E-state index contributed by atoms with van der Waals surface area (Å²) in [6.07, 6.45) is 0.282. The standard InChI is InChI=1S/C13H23N3O4/c1-10(8-13(19)20)7-12(18)16-5-3-15(4-6-16)9-11(17)14-2/h10H,3-9H2,1-2H3,(H,14,17)(H,19,20). The van der Waals surface area contributed by atoms with Crippen molar-refractivity contribution in [3.63, 3.8) is 0 Å². The van der Waals surface area contributed by atoms with Crippen molar-refractivity contribution in [3.05, 3.63) is 0 Å². The molecule has 7 heteroatoms. The Hall–Kier alpha value is -1.63. The molecule has 0 bridgehead atoms. The lowest BCUT2D eigenvalue weighted by molar-refractivity contribution is -0.138. The number of amides is 2. The highest BCUT2D eigenvalue weighted by atomic mass is 16.4. The van der Waals surface area contributed by atoms with Crippen molar-refractivity contribution in [1.29, 1.82) is 0 Å². The van der Waals surface area contributed by atoms with Gasteiger partial charge in [0.2, 0.25) is 11.8 Å². The smallest absolute Gasteiger partial charge is 0.303 e. The topological polar surface area (TPSA) is 90.0 Å². The van der Waals surface area contributed by atoms with Crippen molar-refractivity contribution < 1.29 is 19.5 Å². The van der Waals surface area contributed by atoms with Crippen LogP contribution in [0.25, 0.3) is 0 Å². The number of carboxylic acids is 1. The number of nitrogens with zero attached hydrogens (tertiary/aromatic N) is 2. The molecule has 1 aliphatic heterocycles. The number of carbonyl (C=O) groups is 3. The Morgan fingerprint density at radius 3 is 2.25 bits per heavy atom. The first-order valence-electron chi connectivity index (χ1n) is 6.85. The van der Waals surface area contributed by atoms with Crippen molar-refractivity contribution in [2.45, 2.75) is 19.8 Å². The molecule has 1 saturated heterocycles. The zero-order valence-electron chi connectivity index (χ0n) is 12.1. The summed E-state index contributed by atoms with van der Waals surface area (Å²) in [6, 6.07) is 0. The zero-order valence-corrected chi connectivity index (χ0v) is 12.1. The van der Waals surface area contributed by atoms with Gasteiger partial charge in [-0.15, -0.1) is 0 Å². The number of likely N-dealkylation sites (N-methyl/N-ethyl adjacent to an activating group) is 1. The van der Waals surface area contributed by atoms with Gasteiger partial charge in [0.1, 0.15) is 0 Å². The maximum atomic E-state index is 12.0. The summed E-state index contributed by atoms with van der Waals surface area (Å²) >= 11 is 0. The molecule has 0 aromatic carbocycles. The maximum Gasteiger partial charge on any atom is 0.303 e. The quantitative estimate of drug-likeness (QED) is 0.678. The lowest BCUT2D eigenvalue weighted by Gasteiger charge is -2.34. The van der Waals surface area contributed by atoms with Gasteiger partial charge >= 0.3 is 5.97 Å². The molecule has 2 amide bonds. The summed E-state index contributed by atoms with van der Waals surface area (Å²) in [7, 11) is 1.60. The second kappa shape index (κ2) is 7.84. The number of hydrogen-bond acceptors (Lipinski definition) is 4. The van der Waals surface area contributed by atoms with E-state index in [4.69, 9.17) is 5.11 Å². The number of carbonyl (C=O) groups excluding carboxylic acids is 2. The van der Waals surface area contributed by atoms with Crippen LogP contribution in [0.5, 0.6) is 0 Å². The number of carboxylic acid groups (broad SMARTS) is 1. The molecule has 7 nitrogen and oxygen atoms in total. The monoisotopic (exact) mass is 285 g/mol. The number of piperazine rings is 1. The normalized spacial score (nSPS) is 17.6. The summed E-state index contributed by atoms with van der Waals surface area (Å²) in [4.78, 5) is 37.6. The van der Waals surface area contributed by atoms with E-state index in [9.17, 15) is 14.4 Å². The van der Waals surface area contributed by atoms with E-state index in [1.54, 1.807) is 18.9 Å². The van der Waals surface area contributed by atoms with Crippen LogP contribution < -0.4 is 5.32 Å². The Bertz CT molecular complexity index is 365. The third kappa shape index (κ3) is 5.56. The highest BCUT2D eigenvalue weighted by molar-refractivity contribution is 5.78. The van der Waals surface area contributed by atoms with Gasteiger partial charge in [0.05, 0.1) is 6.54 Å². The van der Waals surface area contributed by atoms with Gasteiger partial charge in [0, 0.05) is 46.1 Å². The van der Waals surface area contributed by atoms with E-state index in [-0.39, 0.29) is 30.6 Å². The summed E-state index contributed by atoms with van der Waals surface area (Å²) < 4.78 is 0. The van der Waals surface area contributed by atoms with E-state index in [2.05, 4.69) is 5.32 Å². The van der Waals surface area contributed by atoms with E-state index in [1.807, 2.05) is 4.90 Å². The second-order valence-corrected chi connectivity index (χ2v) is 5.24. The molecule has 1 rings (SSSR count). The fraction of sp³-hybridized carbons (Fsp3) is 0.769. The molecule has 0 saturated carbocycles. The van der Waals surface area contributed by atoms with Crippen molar-refractivity contribution in [2.24, 2.45) is 5.92 Å². The van der Waals surface area contributed by atoms with Gasteiger partial charge in [-0.3, -0.25) is 19.3 Å². The molecular weight excluding hydrogens is 262 g/mol. The fourth-order valence-electron chi connectivity index (χ4n) is 2.23. The van der Waals surface area contributed by atoms with Crippen LogP contribution >= 0.6 is 0 Å². The Balaban J connectivity index is 2.32. The van der Waals surface area contributed by atoms with Gasteiger partial charge in [-0.05, 0) is 5.92 Å². The Morgan fingerprint density at radius 1 is 1.15 bits per heavy atom. The van der Waals surface area contributed by atoms with E-state index in [1.165, 1.54) is 0 Å². The van der Waals surface area contributed by atoms with Crippen molar-refractivity contribution >= 4 is 17.8 Å². The number of aliphatic carboxylic acids is 1. The second-order valence-electron chi connectivity index (χ2n) is 5.24. The van der Waals surface area contributed by atoms with E-state index in [0.717, 1.165) is 0 Å². The molecule has 2 N–H and O–H groups in total. The molecule has 0 aromatic rings. The Kier molecular flexibility index (Phi) is 6.44. The molecule has 0 aromatic heterocycles. The maximum absolute atomic E-state index is 12.0. The van der Waals surface area contributed by atoms with Gasteiger partial charge in [-0.1, -0.05) is 6.92 Å². The summed E-state index contributed by atoms with van der Waals surface area (Å²) in [6.45, 7) is 4.66. The minimum Gasteiger partial charge on any atom is -0.481 e. The summed E-state index contributed by atoms with van der Waals surface area (Å²) in [5, 5.41) is 11.3. The van der Waals surface area contributed by atoms with Crippen LogP contribution in [0.1, 0.15) is 19.8 Å².